The van der Waals surface area contributed by atoms with Crippen LogP contribution in [0, 0.1) is 0 Å². The molecule has 0 N–H and O–H groups in total. The largest absolute Gasteiger partial charge is 0.0120 e. The van der Waals surface area contributed by atoms with Crippen molar-refractivity contribution < 1.29 is 0 Å². The van der Waals surface area contributed by atoms with Gasteiger partial charge in [0, 0.05) is 0 Å². The van der Waals surface area contributed by atoms with Gasteiger partial charge in [-0.2, -0.15) is 0 Å². The highest BCUT2D eigenvalue weighted by atomic mass is 30.1. The van der Waals surface area contributed by atoms with E-state index in [0.717, 1.165) is 573 Å². The fraction of sp³-hybridized carbons (Fsp3) is 0. The van der Waals surface area contributed by atoms with Crippen LogP contribution in [0.5, 0.6) is 0 Å². The molecule has 0 saturated heterocycles. The Morgan fingerprint density at radius 3 is 0.159 bits per heavy atom. The summed E-state index contributed by atoms with van der Waals surface area (Å²) < 4.78 is 0. The van der Waals surface area contributed by atoms with Crippen LogP contribution in [0.15, 0.2) is 0 Å². The molecule has 0 aliphatic heterocycles. The first-order chi connectivity index (χ1) is 34.4. The van der Waals surface area contributed by atoms with Gasteiger partial charge in [-0.3, -0.25) is 0 Å². The van der Waals surface area contributed by atoms with E-state index in [0.29, 0.717) is 0 Å². The third-order valence-electron chi connectivity index (χ3n) is 16.7. The Morgan fingerprint density at radius 1 is 0.0725 bits per heavy atom. The normalized spacial score (nSPS) is 23.5. The first-order valence-electron chi connectivity index (χ1n) is 34.4. The van der Waals surface area contributed by atoms with Crippen molar-refractivity contribution in [3.05, 3.63) is 0 Å². The highest BCUT2D eigenvalue weighted by Crippen LogP contribution is 1.68. The van der Waals surface area contributed by atoms with Gasteiger partial charge in [-0.25, -0.2) is 0 Å². The molecule has 0 radical (unpaired) electrons. The van der Waals surface area contributed by atoms with E-state index < -0.39 is 0 Å². The van der Waals surface area contributed by atoms with Crippen molar-refractivity contribution in [1.82, 2.24) is 0 Å². The summed E-state index contributed by atoms with van der Waals surface area (Å²) in [6.45, 7) is 0. The maximum absolute atomic E-state index is 1.76. The Hall–Kier alpha value is 15.0. The highest BCUT2D eigenvalue weighted by molar-refractivity contribution is 7.81. The molecule has 0 unspecified atom stereocenters. The van der Waals surface area contributed by atoms with E-state index >= 15 is 0 Å². The lowest BCUT2D eigenvalue weighted by Gasteiger charge is -2.01. The summed E-state index contributed by atoms with van der Waals surface area (Å²) in [5.41, 5.74) is 0. The van der Waals surface area contributed by atoms with Gasteiger partial charge >= 0.3 is 0 Å². The quantitative estimate of drug-likeness (QED) is 0.0421. The first kappa shape index (κ1) is 84.0. The highest BCUT2D eigenvalue weighted by Gasteiger charge is 2.05. The van der Waals surface area contributed by atoms with Gasteiger partial charge in [0.25, 0.3) is 0 Å². The van der Waals surface area contributed by atoms with Crippen LogP contribution in [0.1, 0.15) is 0 Å². The van der Waals surface area contributed by atoms with E-state index in [1.807, 2.05) is 0 Å². The van der Waals surface area contributed by atoms with Crippen LogP contribution in [0.2, 0.25) is 0 Å². The van der Waals surface area contributed by atoms with Crippen molar-refractivity contribution >= 4 is 593 Å². The molecule has 0 fully saturated rings. The molecule has 416 valence electrons. The average Bonchev–Trinajstić information content (AvgIpc) is 3.36. The molecule has 0 amide bonds. The molecule has 0 aromatic carbocycles. The second kappa shape index (κ2) is 83.0. The minimum Gasteiger partial charge on any atom is -0.0120 e. The van der Waals surface area contributed by atoms with Gasteiger partial charge in [0.1, 0.15) is 0 Å². The molecule has 0 nitrogen and oxygen atoms in total. The number of rotatable bonds is 66. The Labute approximate surface area is 581 Å². The second-order valence-electron chi connectivity index (χ2n) is 24.0. The topological polar surface area (TPSA) is 0 Å². The molecule has 0 heterocycles. The molecule has 0 aliphatic carbocycles. The second-order valence-corrected chi connectivity index (χ2v) is 647. The summed E-state index contributed by atoms with van der Waals surface area (Å²) in [6, 6.07) is 0. The zero-order chi connectivity index (χ0) is 49.4. The van der Waals surface area contributed by atoms with E-state index in [1.54, 1.807) is 19.5 Å². The predicted octanol–water partition coefficient (Wildman–Crippen LogP) is -63.8. The molecule has 0 rings (SSSR count). The van der Waals surface area contributed by atoms with Gasteiger partial charge in [0.15, 0.2) is 0 Å². The lowest BCUT2D eigenvalue weighted by atomic mass is 26.1. The third-order valence-corrected chi connectivity index (χ3v) is 1350. The van der Waals surface area contributed by atoms with Crippen molar-refractivity contribution in [3.63, 3.8) is 0 Å². The van der Waals surface area contributed by atoms with Gasteiger partial charge < -0.3 is 0 Å². The maximum atomic E-state index is 1.76. The minimum absolute atomic E-state index is 0.819. The van der Waals surface area contributed by atoms with E-state index in [9.17, 15) is 0 Å². The molecule has 69 heavy (non-hydrogen) atoms. The van der Waals surface area contributed by atoms with Crippen LogP contribution in [0.4, 0.5) is 0 Å². The maximum Gasteiger partial charge on any atom is -0.00934 e. The molecule has 0 atom stereocenters. The average molecular weight is 2080 g/mol. The summed E-state index contributed by atoms with van der Waals surface area (Å²) in [6.07, 6.45) is 0. The molecule has 0 saturated carbocycles. The van der Waals surface area contributed by atoms with Crippen LogP contribution in [0.25, 0.3) is 0 Å². The standard InChI is InChI=1S/H140Si69/c1-3-5-7-9-11-13-15-17-19-21-23-25-27-29-31-33-35-37-39-41-43-45-47-49-51-53-55-57-59-61-63-65-67-69-68-66-64-62-60-58-56-54-52-50-48-46-44-42-40-38-36-34-32-30-28-26-24-22-20-18-16-14-12-10-8-6-4-2/h3-69H2,1-2H3. The van der Waals surface area contributed by atoms with Gasteiger partial charge in [-0.15, -0.1) is 0 Å². The lowest BCUT2D eigenvalue weighted by molar-refractivity contribution is 3.76. The van der Waals surface area contributed by atoms with Gasteiger partial charge in [0.2, 0.25) is 0 Å². The fourth-order valence-electron chi connectivity index (χ4n) is 11.6. The van der Waals surface area contributed by atoms with Crippen LogP contribution in [-0.2, 0) is 0 Å². The van der Waals surface area contributed by atoms with E-state index in [1.165, 1.54) is 0 Å². The molecule has 0 aliphatic rings. The van der Waals surface area contributed by atoms with Crippen LogP contribution >= 0.6 is 0 Å². The van der Waals surface area contributed by atoms with Gasteiger partial charge in [-0.05, 0) is 593 Å². The smallest absolute Gasteiger partial charge is 0.00934 e. The van der Waals surface area contributed by atoms with E-state index in [-0.39, 0.29) is 0 Å². The number of hydrogen-bond acceptors (Lipinski definition) is 0. The van der Waals surface area contributed by atoms with Crippen molar-refractivity contribution in [2.45, 2.75) is 0 Å². The summed E-state index contributed by atoms with van der Waals surface area (Å²) in [5, 5.41) is 0. The molecule has 69 heteroatoms. The van der Waals surface area contributed by atoms with E-state index in [2.05, 4.69) is 0 Å². The monoisotopic (exact) mass is 2070 g/mol. The van der Waals surface area contributed by atoms with Crippen molar-refractivity contribution in [3.8, 4) is 0 Å². The zero-order valence-corrected chi connectivity index (χ0v) is 148. The Bertz CT molecular complexity index is 747. The first-order valence-corrected chi connectivity index (χ1v) is 310. The van der Waals surface area contributed by atoms with Crippen molar-refractivity contribution in [2.24, 2.45) is 0 Å². The SMILES string of the molecule is [SiH3][SiH2][SiH2][SiH2][SiH2][SiH2][SiH2][SiH2][SiH2][SiH2][SiH2][SiH2][SiH2][SiH2][SiH2][SiH2][SiH2][SiH2][SiH2][SiH2][SiH2][SiH2][SiH2][SiH2][SiH2][SiH2][SiH2][SiH2][SiH2][SiH2][SiH2][SiH2][SiH2][SiH2][SiH2][SiH2][SiH2][SiH2][SiH2][SiH2][SiH2][SiH2][SiH2][SiH2][SiH2][SiH2][SiH2][SiH2][SiH2][SiH2][SiH2][SiH2][SiH2][SiH2][SiH2][SiH2][SiH2][SiH2][SiH2][SiH2][SiH2][SiH2][SiH2][SiH2][SiH2][SiH2][SiH2][SiH2][SiH3]. The van der Waals surface area contributed by atoms with Crippen LogP contribution < -0.4 is 0 Å². The van der Waals surface area contributed by atoms with Crippen molar-refractivity contribution in [2.75, 3.05) is 0 Å². The molecule has 0 bridgehead atoms. The molecular weight excluding hydrogens is 1940 g/mol. The molecule has 0 spiro atoms. The Balaban J connectivity index is 3.07. The summed E-state index contributed by atoms with van der Waals surface area (Å²) in [7, 11) is 66.2. The minimum atomic E-state index is 0.819. The predicted molar refractivity (Wildman–Crippen MR) is 592 cm³/mol. The lowest BCUT2D eigenvalue weighted by Crippen LogP contribution is -2.38. The fourth-order valence-corrected chi connectivity index (χ4v) is 2830. The van der Waals surface area contributed by atoms with Gasteiger partial charge in [-0.1, -0.05) is 0 Å². The molecular formula is H140Si69. The molecule has 0 aromatic heterocycles. The summed E-state index contributed by atoms with van der Waals surface area (Å²) >= 11 is 0. The summed E-state index contributed by atoms with van der Waals surface area (Å²) in [5.74, 6) is 0. The van der Waals surface area contributed by atoms with E-state index in [4.69, 9.17) is 0 Å². The third kappa shape index (κ3) is 83.0. The Kier molecular flexibility index (Phi) is 101. The zero-order valence-electron chi connectivity index (χ0n) is 49.4. The van der Waals surface area contributed by atoms with Crippen LogP contribution in [-0.4, -0.2) is 593 Å². The van der Waals surface area contributed by atoms with Crippen LogP contribution in [0.3, 0.4) is 0 Å². The van der Waals surface area contributed by atoms with Gasteiger partial charge in [0.05, 0.1) is 0 Å². The number of hydrogen-bond donors (Lipinski definition) is 0. The summed E-state index contributed by atoms with van der Waals surface area (Å²) in [4.78, 5) is 0. The van der Waals surface area contributed by atoms with Crippen molar-refractivity contribution in [1.29, 1.82) is 0 Å². The Morgan fingerprint density at radius 2 is 0.116 bits per heavy atom. The molecule has 0 aromatic rings.